The van der Waals surface area contributed by atoms with Gasteiger partial charge in [-0.25, -0.2) is 4.98 Å². The molecule has 0 amide bonds. The highest BCUT2D eigenvalue weighted by molar-refractivity contribution is 5.38. The van der Waals surface area contributed by atoms with Crippen LogP contribution in [0.2, 0.25) is 0 Å². The number of piperidine rings is 1. The van der Waals surface area contributed by atoms with Gasteiger partial charge in [-0.1, -0.05) is 0 Å². The third kappa shape index (κ3) is 2.89. The van der Waals surface area contributed by atoms with Crippen LogP contribution in [0.15, 0.2) is 12.4 Å². The maximum Gasteiger partial charge on any atom is 0.147 e. The molecule has 0 spiro atoms. The summed E-state index contributed by atoms with van der Waals surface area (Å²) in [7, 11) is 0. The third-order valence-corrected chi connectivity index (χ3v) is 2.84. The van der Waals surface area contributed by atoms with Crippen LogP contribution in [0.5, 0.6) is 0 Å². The molecule has 1 aromatic rings. The summed E-state index contributed by atoms with van der Waals surface area (Å²) in [4.78, 5) is 8.47. The first-order chi connectivity index (χ1) is 7.36. The Kier molecular flexibility index (Phi) is 3.50. The monoisotopic (exact) mass is 206 g/mol. The quantitative estimate of drug-likeness (QED) is 0.780. The largest absolute Gasteiger partial charge is 0.368 e. The highest BCUT2D eigenvalue weighted by Crippen LogP contribution is 2.12. The van der Waals surface area contributed by atoms with Gasteiger partial charge in [-0.3, -0.25) is 4.98 Å². The van der Waals surface area contributed by atoms with E-state index in [4.69, 9.17) is 0 Å². The molecule has 2 N–H and O–H groups in total. The first-order valence-electron chi connectivity index (χ1n) is 5.58. The lowest BCUT2D eigenvalue weighted by molar-refractivity contribution is 0.392. The van der Waals surface area contributed by atoms with E-state index in [2.05, 4.69) is 20.6 Å². The molecule has 15 heavy (non-hydrogen) atoms. The number of hydrogen-bond acceptors (Lipinski definition) is 4. The average molecular weight is 206 g/mol. The molecular weight excluding hydrogens is 188 g/mol. The second-order valence-electron chi connectivity index (χ2n) is 4.08. The van der Waals surface area contributed by atoms with Gasteiger partial charge in [0, 0.05) is 18.9 Å². The Bertz CT molecular complexity index is 307. The maximum absolute atomic E-state index is 4.27. The Morgan fingerprint density at radius 1 is 1.47 bits per heavy atom. The van der Waals surface area contributed by atoms with Crippen molar-refractivity contribution < 1.29 is 0 Å². The summed E-state index contributed by atoms with van der Waals surface area (Å²) in [5.41, 5.74) is 0.973. The van der Waals surface area contributed by atoms with Gasteiger partial charge in [-0.15, -0.1) is 0 Å². The maximum atomic E-state index is 4.27. The third-order valence-electron chi connectivity index (χ3n) is 2.84. The zero-order chi connectivity index (χ0) is 10.5. The summed E-state index contributed by atoms with van der Waals surface area (Å²) < 4.78 is 0. The number of aromatic nitrogens is 2. The molecule has 2 rings (SSSR count). The van der Waals surface area contributed by atoms with E-state index in [0.29, 0.717) is 0 Å². The summed E-state index contributed by atoms with van der Waals surface area (Å²) in [6.45, 7) is 5.26. The van der Waals surface area contributed by atoms with Crippen molar-refractivity contribution in [2.75, 3.05) is 25.0 Å². The van der Waals surface area contributed by atoms with E-state index in [0.717, 1.165) is 30.5 Å². The van der Waals surface area contributed by atoms with Crippen molar-refractivity contribution in [2.45, 2.75) is 19.8 Å². The van der Waals surface area contributed by atoms with Gasteiger partial charge in [0.15, 0.2) is 0 Å². The van der Waals surface area contributed by atoms with Gasteiger partial charge in [-0.05, 0) is 38.8 Å². The van der Waals surface area contributed by atoms with E-state index in [9.17, 15) is 0 Å². The minimum atomic E-state index is 0.722. The van der Waals surface area contributed by atoms with E-state index in [1.54, 1.807) is 12.4 Å². The highest BCUT2D eigenvalue weighted by Gasteiger charge is 2.12. The summed E-state index contributed by atoms with van der Waals surface area (Å²) in [6.07, 6.45) is 6.04. The van der Waals surface area contributed by atoms with Crippen LogP contribution in [0, 0.1) is 12.8 Å². The molecule has 1 fully saturated rings. The molecule has 0 unspecified atom stereocenters. The normalized spacial score (nSPS) is 21.3. The summed E-state index contributed by atoms with van der Waals surface area (Å²) in [5.74, 6) is 1.64. The van der Waals surface area contributed by atoms with Gasteiger partial charge in [-0.2, -0.15) is 0 Å². The first-order valence-corrected chi connectivity index (χ1v) is 5.58. The molecule has 1 aliphatic heterocycles. The van der Waals surface area contributed by atoms with Crippen molar-refractivity contribution in [2.24, 2.45) is 5.92 Å². The van der Waals surface area contributed by atoms with Gasteiger partial charge in [0.1, 0.15) is 5.82 Å². The van der Waals surface area contributed by atoms with E-state index in [1.165, 1.54) is 19.4 Å². The Balaban J connectivity index is 1.84. The molecule has 1 saturated heterocycles. The van der Waals surface area contributed by atoms with Crippen LogP contribution in [-0.4, -0.2) is 29.6 Å². The van der Waals surface area contributed by atoms with Crippen LogP contribution in [-0.2, 0) is 0 Å². The summed E-state index contributed by atoms with van der Waals surface area (Å²) in [5, 5.41) is 6.78. The summed E-state index contributed by atoms with van der Waals surface area (Å²) in [6, 6.07) is 0. The number of hydrogen-bond donors (Lipinski definition) is 2. The van der Waals surface area contributed by atoms with Crippen molar-refractivity contribution in [3.8, 4) is 0 Å². The predicted molar refractivity (Wildman–Crippen MR) is 60.9 cm³/mol. The molecule has 0 aromatic carbocycles. The Morgan fingerprint density at radius 2 is 2.33 bits per heavy atom. The van der Waals surface area contributed by atoms with Gasteiger partial charge in [0.05, 0.1) is 5.69 Å². The second kappa shape index (κ2) is 5.07. The lowest BCUT2D eigenvalue weighted by Crippen LogP contribution is -2.33. The number of rotatable bonds is 3. The van der Waals surface area contributed by atoms with Crippen molar-refractivity contribution in [3.05, 3.63) is 18.1 Å². The van der Waals surface area contributed by atoms with Gasteiger partial charge >= 0.3 is 0 Å². The number of nitrogens with zero attached hydrogens (tertiary/aromatic N) is 2. The van der Waals surface area contributed by atoms with Crippen LogP contribution >= 0.6 is 0 Å². The minimum Gasteiger partial charge on any atom is -0.368 e. The molecule has 4 heteroatoms. The highest BCUT2D eigenvalue weighted by atomic mass is 15.0. The zero-order valence-corrected chi connectivity index (χ0v) is 9.16. The van der Waals surface area contributed by atoms with E-state index < -0.39 is 0 Å². The number of anilines is 1. The van der Waals surface area contributed by atoms with Crippen LogP contribution in [0.4, 0.5) is 5.82 Å². The van der Waals surface area contributed by atoms with Crippen molar-refractivity contribution in [3.63, 3.8) is 0 Å². The fourth-order valence-electron chi connectivity index (χ4n) is 1.92. The van der Waals surface area contributed by atoms with Crippen LogP contribution < -0.4 is 10.6 Å². The molecule has 1 aliphatic rings. The van der Waals surface area contributed by atoms with E-state index >= 15 is 0 Å². The molecule has 0 aliphatic carbocycles. The van der Waals surface area contributed by atoms with Crippen LogP contribution in [0.25, 0.3) is 0 Å². The predicted octanol–water partition coefficient (Wildman–Crippen LogP) is 1.20. The Hall–Kier alpha value is -1.16. The van der Waals surface area contributed by atoms with Crippen molar-refractivity contribution in [1.82, 2.24) is 15.3 Å². The van der Waals surface area contributed by atoms with Gasteiger partial charge < -0.3 is 10.6 Å². The zero-order valence-electron chi connectivity index (χ0n) is 9.16. The minimum absolute atomic E-state index is 0.722. The molecule has 82 valence electrons. The lowest BCUT2D eigenvalue weighted by atomic mass is 10.00. The first kappa shape index (κ1) is 10.4. The number of aryl methyl sites for hydroxylation is 1. The molecule has 4 nitrogen and oxygen atoms in total. The van der Waals surface area contributed by atoms with Crippen molar-refractivity contribution >= 4 is 5.82 Å². The standard InChI is InChI=1S/C11H18N4/c1-9-11(14-6-5-13-9)15-8-10-3-2-4-12-7-10/h5-6,10,12H,2-4,7-8H2,1H3,(H,14,15)/t10-/m0/s1. The van der Waals surface area contributed by atoms with Crippen molar-refractivity contribution in [1.29, 1.82) is 0 Å². The van der Waals surface area contributed by atoms with Gasteiger partial charge in [0.2, 0.25) is 0 Å². The summed E-state index contributed by atoms with van der Waals surface area (Å²) >= 11 is 0. The van der Waals surface area contributed by atoms with Crippen LogP contribution in [0.3, 0.4) is 0 Å². The second-order valence-corrected chi connectivity index (χ2v) is 4.08. The average Bonchev–Trinajstić information content (AvgIpc) is 2.29. The SMILES string of the molecule is Cc1nccnc1NC[C@H]1CCCNC1. The molecule has 1 atom stereocenters. The Morgan fingerprint density at radius 3 is 3.07 bits per heavy atom. The number of nitrogens with one attached hydrogen (secondary N) is 2. The molecule has 0 radical (unpaired) electrons. The lowest BCUT2D eigenvalue weighted by Gasteiger charge is -2.23. The molecular formula is C11H18N4. The molecule has 2 heterocycles. The fraction of sp³-hybridized carbons (Fsp3) is 0.636. The van der Waals surface area contributed by atoms with E-state index in [1.807, 2.05) is 6.92 Å². The fourth-order valence-corrected chi connectivity index (χ4v) is 1.92. The smallest absolute Gasteiger partial charge is 0.147 e. The Labute approximate surface area is 90.5 Å². The molecule has 0 bridgehead atoms. The van der Waals surface area contributed by atoms with Crippen LogP contribution in [0.1, 0.15) is 18.5 Å². The topological polar surface area (TPSA) is 49.8 Å². The molecule has 0 saturated carbocycles. The molecule has 1 aromatic heterocycles. The van der Waals surface area contributed by atoms with E-state index in [-0.39, 0.29) is 0 Å². The van der Waals surface area contributed by atoms with Gasteiger partial charge in [0.25, 0.3) is 0 Å².